The fraction of sp³-hybridized carbons (Fsp3) is 0.333. The summed E-state index contributed by atoms with van der Waals surface area (Å²) in [6.07, 6.45) is 2.13. The highest BCUT2D eigenvalue weighted by Crippen LogP contribution is 2.43. The van der Waals surface area contributed by atoms with E-state index >= 15 is 0 Å². The molecule has 7 heteroatoms. The van der Waals surface area contributed by atoms with E-state index in [0.717, 1.165) is 41.0 Å². The molecule has 5 nitrogen and oxygen atoms in total. The SMILES string of the molecule is CN=CC(=CN)c1cc2c(cc1C(F)F)N(c1cccc3c1C[C@H](C)CC(=O)N3)CC2. The molecule has 0 bridgehead atoms. The van der Waals surface area contributed by atoms with Crippen LogP contribution in [0, 0.1) is 5.92 Å². The van der Waals surface area contributed by atoms with Crippen molar-refractivity contribution in [3.8, 4) is 0 Å². The number of nitrogens with one attached hydrogen (secondary N) is 1. The van der Waals surface area contributed by atoms with E-state index in [1.807, 2.05) is 24.3 Å². The number of benzene rings is 2. The Morgan fingerprint density at radius 2 is 2.10 bits per heavy atom. The largest absolute Gasteiger partial charge is 0.404 e. The monoisotopic (exact) mass is 424 g/mol. The number of anilines is 3. The van der Waals surface area contributed by atoms with Gasteiger partial charge in [-0.1, -0.05) is 13.0 Å². The molecule has 2 heterocycles. The standard InChI is InChI=1S/C24H26F2N4O/c1-14-8-19-20(29-23(31)9-14)4-3-5-21(19)30-7-6-15-10-17(16(12-27)13-28-2)18(24(25)26)11-22(15)30/h3-5,10-14,24H,6-9,27H2,1-2H3,(H,29,31)/t14-/m0/s1. The molecule has 1 amide bonds. The molecule has 0 unspecified atom stereocenters. The molecule has 31 heavy (non-hydrogen) atoms. The second kappa shape index (κ2) is 8.49. The molecule has 0 fully saturated rings. The number of allylic oxidation sites excluding steroid dienone is 1. The minimum absolute atomic E-state index is 0.00791. The van der Waals surface area contributed by atoms with Crippen LogP contribution in [-0.4, -0.2) is 25.7 Å². The zero-order valence-corrected chi connectivity index (χ0v) is 17.7. The molecule has 3 N–H and O–H groups in total. The fourth-order valence-corrected chi connectivity index (χ4v) is 4.57. The van der Waals surface area contributed by atoms with Crippen LogP contribution in [0.5, 0.6) is 0 Å². The zero-order valence-electron chi connectivity index (χ0n) is 17.7. The van der Waals surface area contributed by atoms with Crippen molar-refractivity contribution >= 4 is 34.8 Å². The van der Waals surface area contributed by atoms with Gasteiger partial charge in [0.15, 0.2) is 0 Å². The van der Waals surface area contributed by atoms with Crippen molar-refractivity contribution in [2.24, 2.45) is 16.6 Å². The van der Waals surface area contributed by atoms with E-state index in [9.17, 15) is 13.6 Å². The zero-order chi connectivity index (χ0) is 22.1. The molecule has 0 radical (unpaired) electrons. The van der Waals surface area contributed by atoms with Crippen molar-refractivity contribution in [3.63, 3.8) is 0 Å². The normalized spacial score (nSPS) is 18.9. The first-order valence-electron chi connectivity index (χ1n) is 10.4. The van der Waals surface area contributed by atoms with Gasteiger partial charge in [0.05, 0.1) is 0 Å². The highest BCUT2D eigenvalue weighted by atomic mass is 19.3. The number of aliphatic imine (C=N–C) groups is 1. The van der Waals surface area contributed by atoms with Crippen LogP contribution in [-0.2, 0) is 17.6 Å². The molecule has 0 saturated carbocycles. The number of carbonyl (C=O) groups excluding carboxylic acids is 1. The highest BCUT2D eigenvalue weighted by Gasteiger charge is 2.29. The summed E-state index contributed by atoms with van der Waals surface area (Å²) >= 11 is 0. The molecular formula is C24H26F2N4O. The Labute approximate surface area is 180 Å². The lowest BCUT2D eigenvalue weighted by Crippen LogP contribution is -2.17. The lowest BCUT2D eigenvalue weighted by Gasteiger charge is -2.25. The first-order valence-corrected chi connectivity index (χ1v) is 10.4. The Hall–Kier alpha value is -3.22. The number of carbonyl (C=O) groups is 1. The second-order valence-electron chi connectivity index (χ2n) is 8.14. The van der Waals surface area contributed by atoms with Crippen molar-refractivity contribution in [2.45, 2.75) is 32.6 Å². The van der Waals surface area contributed by atoms with Gasteiger partial charge >= 0.3 is 0 Å². The fourth-order valence-electron chi connectivity index (χ4n) is 4.57. The van der Waals surface area contributed by atoms with E-state index in [1.165, 1.54) is 12.4 Å². The molecule has 2 aliphatic heterocycles. The number of hydrogen-bond acceptors (Lipinski definition) is 4. The van der Waals surface area contributed by atoms with Gasteiger partial charge in [-0.15, -0.1) is 0 Å². The third kappa shape index (κ3) is 3.92. The lowest BCUT2D eigenvalue weighted by molar-refractivity contribution is -0.116. The van der Waals surface area contributed by atoms with Crippen LogP contribution >= 0.6 is 0 Å². The van der Waals surface area contributed by atoms with Crippen molar-refractivity contribution in [3.05, 3.63) is 58.8 Å². The van der Waals surface area contributed by atoms with Crippen LogP contribution in [0.3, 0.4) is 0 Å². The van der Waals surface area contributed by atoms with Gasteiger partial charge in [0, 0.05) is 60.6 Å². The Morgan fingerprint density at radius 3 is 2.81 bits per heavy atom. The molecule has 4 rings (SSSR count). The maximum atomic E-state index is 14.0. The number of nitrogens with two attached hydrogens (primary N) is 1. The Balaban J connectivity index is 1.83. The molecule has 0 aliphatic carbocycles. The number of halogens is 2. The van der Waals surface area contributed by atoms with E-state index in [-0.39, 0.29) is 17.4 Å². The maximum absolute atomic E-state index is 14.0. The number of hydrogen-bond donors (Lipinski definition) is 2. The van der Waals surface area contributed by atoms with E-state index in [1.54, 1.807) is 13.1 Å². The summed E-state index contributed by atoms with van der Waals surface area (Å²) < 4.78 is 28.0. The van der Waals surface area contributed by atoms with Gasteiger partial charge in [-0.25, -0.2) is 8.78 Å². The van der Waals surface area contributed by atoms with Crippen LogP contribution in [0.2, 0.25) is 0 Å². The summed E-state index contributed by atoms with van der Waals surface area (Å²) in [5.74, 6) is 0.211. The minimum Gasteiger partial charge on any atom is -0.404 e. The summed E-state index contributed by atoms with van der Waals surface area (Å²) in [7, 11) is 1.58. The first kappa shape index (κ1) is 21.0. The third-order valence-corrected chi connectivity index (χ3v) is 5.94. The Morgan fingerprint density at radius 1 is 1.29 bits per heavy atom. The molecule has 0 aromatic heterocycles. The van der Waals surface area contributed by atoms with Gasteiger partial charge in [-0.3, -0.25) is 9.79 Å². The van der Waals surface area contributed by atoms with E-state index < -0.39 is 6.43 Å². The van der Waals surface area contributed by atoms with Crippen LogP contribution in [0.25, 0.3) is 5.57 Å². The molecule has 2 aromatic rings. The Kier molecular flexibility index (Phi) is 5.76. The van der Waals surface area contributed by atoms with Crippen molar-refractivity contribution < 1.29 is 13.6 Å². The molecule has 2 aromatic carbocycles. The average Bonchev–Trinajstić information content (AvgIpc) is 3.07. The summed E-state index contributed by atoms with van der Waals surface area (Å²) in [5.41, 5.74) is 11.1. The number of alkyl halides is 2. The predicted molar refractivity (Wildman–Crippen MR) is 121 cm³/mol. The van der Waals surface area contributed by atoms with Crippen molar-refractivity contribution in [1.29, 1.82) is 0 Å². The maximum Gasteiger partial charge on any atom is 0.264 e. The number of amides is 1. The molecule has 1 atom stereocenters. The summed E-state index contributed by atoms with van der Waals surface area (Å²) in [6, 6.07) is 9.19. The van der Waals surface area contributed by atoms with Gasteiger partial charge in [-0.05, 0) is 59.7 Å². The highest BCUT2D eigenvalue weighted by molar-refractivity contribution is 6.10. The average molecular weight is 424 g/mol. The van der Waals surface area contributed by atoms with Crippen LogP contribution < -0.4 is 16.0 Å². The van der Waals surface area contributed by atoms with Crippen LogP contribution in [0.4, 0.5) is 25.8 Å². The number of fused-ring (bicyclic) bond motifs is 2. The van der Waals surface area contributed by atoms with E-state index in [0.29, 0.717) is 24.1 Å². The second-order valence-corrected chi connectivity index (χ2v) is 8.14. The predicted octanol–water partition coefficient (Wildman–Crippen LogP) is 4.84. The van der Waals surface area contributed by atoms with Gasteiger partial charge < -0.3 is 16.0 Å². The van der Waals surface area contributed by atoms with Gasteiger partial charge in [0.1, 0.15) is 0 Å². The summed E-state index contributed by atoms with van der Waals surface area (Å²) in [4.78, 5) is 18.2. The smallest absolute Gasteiger partial charge is 0.264 e. The summed E-state index contributed by atoms with van der Waals surface area (Å²) in [5, 5.41) is 2.99. The molecular weight excluding hydrogens is 398 g/mol. The van der Waals surface area contributed by atoms with Crippen LogP contribution in [0.15, 0.2) is 41.5 Å². The topological polar surface area (TPSA) is 70.7 Å². The van der Waals surface area contributed by atoms with E-state index in [2.05, 4.69) is 22.1 Å². The van der Waals surface area contributed by atoms with Crippen molar-refractivity contribution in [2.75, 3.05) is 23.8 Å². The van der Waals surface area contributed by atoms with Gasteiger partial charge in [-0.2, -0.15) is 0 Å². The molecule has 2 aliphatic rings. The van der Waals surface area contributed by atoms with E-state index in [4.69, 9.17) is 5.73 Å². The van der Waals surface area contributed by atoms with Gasteiger partial charge in [0.2, 0.25) is 5.91 Å². The number of nitrogens with zero attached hydrogens (tertiary/aromatic N) is 2. The molecule has 0 saturated heterocycles. The van der Waals surface area contributed by atoms with Crippen molar-refractivity contribution in [1.82, 2.24) is 0 Å². The van der Waals surface area contributed by atoms with Crippen LogP contribution in [0.1, 0.15) is 42.0 Å². The minimum atomic E-state index is -2.64. The van der Waals surface area contributed by atoms with Gasteiger partial charge in [0.25, 0.3) is 6.43 Å². The third-order valence-electron chi connectivity index (χ3n) is 5.94. The first-order chi connectivity index (χ1) is 14.9. The Bertz CT molecular complexity index is 1080. The quantitative estimate of drug-likeness (QED) is 0.690. The molecule has 0 spiro atoms. The summed E-state index contributed by atoms with van der Waals surface area (Å²) in [6.45, 7) is 2.74. The number of rotatable bonds is 4. The lowest BCUT2D eigenvalue weighted by atomic mass is 9.95. The molecule has 162 valence electrons.